The topological polar surface area (TPSA) is 40.5 Å². The van der Waals surface area contributed by atoms with E-state index in [2.05, 4.69) is 0 Å². The Kier molecular flexibility index (Phi) is 1.94. The number of carbonyl (C=O) groups is 1. The van der Waals surface area contributed by atoms with Crippen LogP contribution >= 0.6 is 0 Å². The van der Waals surface area contributed by atoms with Gasteiger partial charge in [0.15, 0.2) is 0 Å². The van der Waals surface area contributed by atoms with Gasteiger partial charge >= 0.3 is 6.09 Å². The van der Waals surface area contributed by atoms with Gasteiger partial charge in [-0.25, -0.2) is 4.79 Å². The maximum absolute atomic E-state index is 10.4. The van der Waals surface area contributed by atoms with E-state index in [-0.39, 0.29) is 0 Å². The summed E-state index contributed by atoms with van der Waals surface area (Å²) in [6.45, 7) is 2.67. The van der Waals surface area contributed by atoms with Crippen molar-refractivity contribution >= 4 is 6.09 Å². The number of rotatable bonds is 0. The van der Waals surface area contributed by atoms with Crippen molar-refractivity contribution in [1.82, 2.24) is 4.90 Å². The Balaban J connectivity index is 2.55. The van der Waals surface area contributed by atoms with Crippen LogP contribution < -0.4 is 0 Å². The van der Waals surface area contributed by atoms with Crippen LogP contribution in [0.4, 0.5) is 4.79 Å². The fourth-order valence-corrected chi connectivity index (χ4v) is 1.03. The Labute approximate surface area is 59.9 Å². The Morgan fingerprint density at radius 2 is 2.50 bits per heavy atom. The Bertz CT molecular complexity index is 165. The largest absolute Gasteiger partial charge is 0.465 e. The average molecular weight is 141 g/mol. The second-order valence-corrected chi connectivity index (χ2v) is 2.66. The number of amides is 1. The summed E-state index contributed by atoms with van der Waals surface area (Å²) in [7, 11) is 0. The van der Waals surface area contributed by atoms with E-state index in [1.54, 1.807) is 6.20 Å². The molecule has 1 heterocycles. The maximum Gasteiger partial charge on any atom is 0.411 e. The Morgan fingerprint density at radius 1 is 1.80 bits per heavy atom. The van der Waals surface area contributed by atoms with Crippen molar-refractivity contribution in [3.05, 3.63) is 12.3 Å². The maximum atomic E-state index is 10.4. The molecule has 1 amide bonds. The molecule has 1 aliphatic rings. The first-order valence-electron chi connectivity index (χ1n) is 3.36. The van der Waals surface area contributed by atoms with Crippen molar-refractivity contribution in [3.8, 4) is 0 Å². The minimum Gasteiger partial charge on any atom is -0.465 e. The van der Waals surface area contributed by atoms with Gasteiger partial charge in [-0.05, 0) is 12.3 Å². The van der Waals surface area contributed by atoms with Crippen molar-refractivity contribution in [2.75, 3.05) is 6.54 Å². The summed E-state index contributed by atoms with van der Waals surface area (Å²) in [5, 5.41) is 8.53. The van der Waals surface area contributed by atoms with E-state index in [0.29, 0.717) is 12.5 Å². The molecule has 1 unspecified atom stereocenters. The van der Waals surface area contributed by atoms with E-state index >= 15 is 0 Å². The van der Waals surface area contributed by atoms with E-state index in [0.717, 1.165) is 6.42 Å². The first-order valence-corrected chi connectivity index (χ1v) is 3.36. The van der Waals surface area contributed by atoms with Crippen LogP contribution in [0.1, 0.15) is 13.3 Å². The van der Waals surface area contributed by atoms with Crippen LogP contribution in [-0.4, -0.2) is 22.6 Å². The predicted molar refractivity (Wildman–Crippen MR) is 37.7 cm³/mol. The molecule has 0 aromatic rings. The fraction of sp³-hybridized carbons (Fsp3) is 0.571. The van der Waals surface area contributed by atoms with Crippen LogP contribution in [0.25, 0.3) is 0 Å². The lowest BCUT2D eigenvalue weighted by Crippen LogP contribution is -2.30. The zero-order chi connectivity index (χ0) is 7.56. The summed E-state index contributed by atoms with van der Waals surface area (Å²) < 4.78 is 0. The molecule has 0 saturated carbocycles. The lowest BCUT2D eigenvalue weighted by atomic mass is 10.1. The molecule has 0 spiro atoms. The molecular weight excluding hydrogens is 130 g/mol. The minimum absolute atomic E-state index is 0.459. The van der Waals surface area contributed by atoms with Gasteiger partial charge in [-0.15, -0.1) is 0 Å². The quantitative estimate of drug-likeness (QED) is 0.555. The van der Waals surface area contributed by atoms with E-state index < -0.39 is 6.09 Å². The molecule has 3 nitrogen and oxygen atoms in total. The SMILES string of the molecule is CC1CC=CN(C(=O)O)C1. The second kappa shape index (κ2) is 2.73. The van der Waals surface area contributed by atoms with Crippen molar-refractivity contribution < 1.29 is 9.90 Å². The monoisotopic (exact) mass is 141 g/mol. The van der Waals surface area contributed by atoms with Gasteiger partial charge in [0.05, 0.1) is 0 Å². The third-order valence-electron chi connectivity index (χ3n) is 1.58. The van der Waals surface area contributed by atoms with E-state index in [9.17, 15) is 4.79 Å². The van der Waals surface area contributed by atoms with Gasteiger partial charge in [0.25, 0.3) is 0 Å². The zero-order valence-electron chi connectivity index (χ0n) is 5.95. The number of hydrogen-bond donors (Lipinski definition) is 1. The third-order valence-corrected chi connectivity index (χ3v) is 1.58. The first-order chi connectivity index (χ1) is 4.70. The summed E-state index contributed by atoms with van der Waals surface area (Å²) >= 11 is 0. The lowest BCUT2D eigenvalue weighted by Gasteiger charge is -2.22. The molecule has 1 rings (SSSR count). The molecule has 0 fully saturated rings. The van der Waals surface area contributed by atoms with Crippen LogP contribution in [0.5, 0.6) is 0 Å². The lowest BCUT2D eigenvalue weighted by molar-refractivity contribution is 0.155. The molecule has 1 N–H and O–H groups in total. The van der Waals surface area contributed by atoms with Crippen LogP contribution in [0.3, 0.4) is 0 Å². The van der Waals surface area contributed by atoms with Gasteiger partial charge in [-0.2, -0.15) is 0 Å². The summed E-state index contributed by atoms with van der Waals surface area (Å²) in [6, 6.07) is 0. The standard InChI is InChI=1S/C7H11NO2/c1-6-3-2-4-8(5-6)7(9)10/h2,4,6H,3,5H2,1H3,(H,9,10). The molecule has 0 aromatic carbocycles. The molecule has 10 heavy (non-hydrogen) atoms. The van der Waals surface area contributed by atoms with E-state index in [1.165, 1.54) is 4.90 Å². The molecular formula is C7H11NO2. The van der Waals surface area contributed by atoms with Crippen LogP contribution in [0.15, 0.2) is 12.3 Å². The highest BCUT2D eigenvalue weighted by Crippen LogP contribution is 2.12. The van der Waals surface area contributed by atoms with Gasteiger partial charge in [0.1, 0.15) is 0 Å². The van der Waals surface area contributed by atoms with Crippen molar-refractivity contribution in [3.63, 3.8) is 0 Å². The summed E-state index contributed by atoms with van der Waals surface area (Å²) in [4.78, 5) is 11.7. The van der Waals surface area contributed by atoms with Crippen molar-refractivity contribution in [2.45, 2.75) is 13.3 Å². The molecule has 0 radical (unpaired) electrons. The molecule has 3 heteroatoms. The highest BCUT2D eigenvalue weighted by molar-refractivity contribution is 5.66. The minimum atomic E-state index is -0.859. The predicted octanol–water partition coefficient (Wildman–Crippen LogP) is 1.52. The molecule has 0 aliphatic carbocycles. The zero-order valence-corrected chi connectivity index (χ0v) is 5.95. The van der Waals surface area contributed by atoms with E-state index in [1.807, 2.05) is 13.0 Å². The number of carboxylic acid groups (broad SMARTS) is 1. The normalized spacial score (nSPS) is 24.9. The average Bonchev–Trinajstić information content (AvgIpc) is 1.88. The molecule has 0 bridgehead atoms. The van der Waals surface area contributed by atoms with Crippen molar-refractivity contribution in [2.24, 2.45) is 5.92 Å². The Morgan fingerprint density at radius 3 is 2.90 bits per heavy atom. The first kappa shape index (κ1) is 7.12. The Hall–Kier alpha value is -0.990. The number of allylic oxidation sites excluding steroid dienone is 1. The highest BCUT2D eigenvalue weighted by atomic mass is 16.4. The summed E-state index contributed by atoms with van der Waals surface area (Å²) in [5.74, 6) is 0.459. The van der Waals surface area contributed by atoms with Gasteiger partial charge in [-0.1, -0.05) is 13.0 Å². The van der Waals surface area contributed by atoms with Crippen LogP contribution in [-0.2, 0) is 0 Å². The molecule has 56 valence electrons. The number of hydrogen-bond acceptors (Lipinski definition) is 1. The smallest absolute Gasteiger partial charge is 0.411 e. The third kappa shape index (κ3) is 1.50. The second-order valence-electron chi connectivity index (χ2n) is 2.66. The fourth-order valence-electron chi connectivity index (χ4n) is 1.03. The number of nitrogens with zero attached hydrogens (tertiary/aromatic N) is 1. The van der Waals surface area contributed by atoms with Gasteiger partial charge in [0, 0.05) is 12.7 Å². The highest BCUT2D eigenvalue weighted by Gasteiger charge is 2.14. The van der Waals surface area contributed by atoms with Gasteiger partial charge < -0.3 is 5.11 Å². The molecule has 1 atom stereocenters. The molecule has 0 aromatic heterocycles. The van der Waals surface area contributed by atoms with E-state index in [4.69, 9.17) is 5.11 Å². The van der Waals surface area contributed by atoms with Crippen LogP contribution in [0, 0.1) is 5.92 Å². The summed E-state index contributed by atoms with van der Waals surface area (Å²) in [6.07, 6.45) is 3.65. The van der Waals surface area contributed by atoms with Crippen molar-refractivity contribution in [1.29, 1.82) is 0 Å². The molecule has 1 aliphatic heterocycles. The van der Waals surface area contributed by atoms with Crippen LogP contribution in [0.2, 0.25) is 0 Å². The molecule has 0 saturated heterocycles. The summed E-state index contributed by atoms with van der Waals surface area (Å²) in [5.41, 5.74) is 0. The van der Waals surface area contributed by atoms with Gasteiger partial charge in [0.2, 0.25) is 0 Å². The van der Waals surface area contributed by atoms with Gasteiger partial charge in [-0.3, -0.25) is 4.90 Å².